The van der Waals surface area contributed by atoms with E-state index in [-0.39, 0.29) is 122 Å². The van der Waals surface area contributed by atoms with Crippen molar-refractivity contribution in [1.82, 2.24) is 40.2 Å². The zero-order valence-electron chi connectivity index (χ0n) is 65.8. The van der Waals surface area contributed by atoms with Crippen molar-refractivity contribution in [2.24, 2.45) is 33.8 Å². The summed E-state index contributed by atoms with van der Waals surface area (Å²) in [5, 5.41) is 68.9. The van der Waals surface area contributed by atoms with E-state index in [1.807, 2.05) is 72.8 Å². The molecule has 4 aromatic carbocycles. The Hall–Kier alpha value is -10.5. The number of carboxylic acids is 1. The predicted molar refractivity (Wildman–Crippen MR) is 428 cm³/mol. The molecule has 8 amide bonds. The van der Waals surface area contributed by atoms with Crippen LogP contribution in [0.4, 0.5) is 26.2 Å². The number of rotatable bonds is 35. The largest absolute Gasteiger partial charge is 0.476 e. The van der Waals surface area contributed by atoms with Gasteiger partial charge in [-0.2, -0.15) is 5.10 Å². The number of hydrogen-bond donors (Lipinski definition) is 10. The number of aliphatic hydroxyl groups is 4. The number of thiazole rings is 1. The van der Waals surface area contributed by atoms with Crippen LogP contribution in [0, 0.1) is 35.0 Å². The minimum Gasteiger partial charge on any atom is -0.476 e. The fraction of sp³-hybridized carbons (Fsp3) is 0.482. The molecule has 7 aliphatic rings. The minimum atomic E-state index is -1.66. The number of aromatic nitrogens is 4. The van der Waals surface area contributed by atoms with Gasteiger partial charge in [0, 0.05) is 105 Å². The van der Waals surface area contributed by atoms with Crippen LogP contribution >= 0.6 is 11.3 Å². The van der Waals surface area contributed by atoms with Crippen molar-refractivity contribution in [1.29, 1.82) is 0 Å². The van der Waals surface area contributed by atoms with Gasteiger partial charge in [-0.3, -0.25) is 43.7 Å². The van der Waals surface area contributed by atoms with Crippen LogP contribution in [0.25, 0.3) is 21.3 Å². The number of amides is 8. The number of imide groups is 1. The lowest BCUT2D eigenvalue weighted by molar-refractivity contribution is -0.277. The molecule has 5 fully saturated rings. The summed E-state index contributed by atoms with van der Waals surface area (Å²) in [5.74, 6) is -3.76. The van der Waals surface area contributed by atoms with Gasteiger partial charge in [0.15, 0.2) is 10.8 Å². The van der Waals surface area contributed by atoms with Crippen molar-refractivity contribution < 1.29 is 87.6 Å². The molecule has 1 saturated heterocycles. The lowest BCUT2D eigenvalue weighted by atomic mass is 9.39. The summed E-state index contributed by atoms with van der Waals surface area (Å²) in [5.41, 5.74) is 10.7. The maximum Gasteiger partial charge on any atom is 0.410 e. The standard InChI is InChI=1S/C85H102N12O18S/c1-50(2)60(37-56(99)14-7-6-10-33-96-68(100)29-30-69(96)101)75(106)90-64(17-12-32-87-79(86)110)76(107)89-55-23-19-53(20-24-55)42-112-81(111)95(39-52-21-25-57(26-22-52)114-78-73(104)72(103)71(102)65(41-98)115-78)35-36-113-85-46-82(4)43-83(5,47-85)45-84(44-82,48-85)49-97-51(3)61(38-88-97)58-27-28-67(92-70(58)77(108)109)94-34-31-54-13-11-15-59(62(54)40-94)74(105)93-80-91-63-16-8-9-18-66(63)116-80/h8-9,11,13,15-16,18-30,38,50,60,64-65,71-73,78,98,102-104H,6-7,10,12,14,17,31-37,39-49H2,1-5H3,(H,89,107)(H,90,106)(H,108,109)(H3,86,87,110)(H,91,93,105)/t60-,64-,65+,71+,72+,73+,78-,82?,83?,84?,85?/m0/s1. The smallest absolute Gasteiger partial charge is 0.410 e. The summed E-state index contributed by atoms with van der Waals surface area (Å²) in [6, 6.07) is 28.4. The van der Waals surface area contributed by atoms with Gasteiger partial charge < -0.3 is 76.0 Å². The third kappa shape index (κ3) is 19.4. The number of aromatic carboxylic acids is 1. The number of urea groups is 1. The van der Waals surface area contributed by atoms with E-state index in [2.05, 4.69) is 40.1 Å². The quantitative estimate of drug-likeness (QED) is 0.0131. The molecule has 6 heterocycles. The zero-order chi connectivity index (χ0) is 82.4. The van der Waals surface area contributed by atoms with Gasteiger partial charge in [0.05, 0.1) is 35.2 Å². The van der Waals surface area contributed by atoms with Crippen LogP contribution in [-0.4, -0.2) is 190 Å². The van der Waals surface area contributed by atoms with E-state index < -0.39 is 84.8 Å². The number of unbranched alkanes of at least 4 members (excludes halogenated alkanes) is 2. The van der Waals surface area contributed by atoms with Crippen molar-refractivity contribution in [2.45, 2.75) is 193 Å². The van der Waals surface area contributed by atoms with E-state index in [4.69, 9.17) is 34.8 Å². The summed E-state index contributed by atoms with van der Waals surface area (Å²) in [6.07, 6.45) is 3.84. The van der Waals surface area contributed by atoms with E-state index >= 15 is 0 Å². The molecular formula is C85H102N12O18S. The molecule has 3 aliphatic heterocycles. The van der Waals surface area contributed by atoms with Crippen LogP contribution in [0.5, 0.6) is 5.75 Å². The topological polar surface area (TPSA) is 419 Å². The fourth-order valence-corrected chi connectivity index (χ4v) is 19.7. The Bertz CT molecular complexity index is 4790. The molecular weight excluding hydrogens is 1510 g/mol. The first kappa shape index (κ1) is 83.4. The van der Waals surface area contributed by atoms with Gasteiger partial charge >= 0.3 is 18.1 Å². The van der Waals surface area contributed by atoms with Crippen LogP contribution in [0.3, 0.4) is 0 Å². The number of Topliss-reactive ketones (excluding diaryl/α,β-unsaturated/α-hetero) is 1. The Morgan fingerprint density at radius 1 is 0.784 bits per heavy atom. The van der Waals surface area contributed by atoms with Gasteiger partial charge in [-0.15, -0.1) is 0 Å². The molecule has 4 bridgehead atoms. The highest BCUT2D eigenvalue weighted by Gasteiger charge is 2.66. The first-order chi connectivity index (χ1) is 55.5. The van der Waals surface area contributed by atoms with Crippen molar-refractivity contribution in [3.63, 3.8) is 0 Å². The number of nitrogens with two attached hydrogens (primary N) is 1. The third-order valence-corrected chi connectivity index (χ3v) is 24.4. The second kappa shape index (κ2) is 35.5. The average molecular weight is 1610 g/mol. The highest BCUT2D eigenvalue weighted by atomic mass is 32.1. The molecule has 11 N–H and O–H groups in total. The number of aliphatic hydroxyl groups excluding tert-OH is 4. The van der Waals surface area contributed by atoms with Gasteiger partial charge in [-0.1, -0.05) is 94.0 Å². The Morgan fingerprint density at radius 2 is 1.52 bits per heavy atom. The molecule has 3 aromatic heterocycles. The predicted octanol–water partition coefficient (Wildman–Crippen LogP) is 9.12. The molecule has 30 nitrogen and oxygen atoms in total. The Balaban J connectivity index is 0.665. The number of ether oxygens (including phenoxy) is 4. The molecule has 7 aromatic rings. The third-order valence-electron chi connectivity index (χ3n) is 23.4. The van der Waals surface area contributed by atoms with E-state index in [0.29, 0.717) is 96.2 Å². The molecule has 14 rings (SSSR count). The number of fused-ring (bicyclic) bond motifs is 2. The highest BCUT2D eigenvalue weighted by Crippen LogP contribution is 2.72. The Morgan fingerprint density at radius 3 is 2.22 bits per heavy atom. The number of carbonyl (C=O) groups excluding carboxylic acids is 8. The minimum absolute atomic E-state index is 0.0427. The summed E-state index contributed by atoms with van der Waals surface area (Å²) < 4.78 is 27.7. The molecule has 9 atom stereocenters. The molecule has 0 radical (unpaired) electrons. The van der Waals surface area contributed by atoms with Crippen LogP contribution in [0.15, 0.2) is 121 Å². The highest BCUT2D eigenvalue weighted by molar-refractivity contribution is 7.22. The first-order valence-corrected chi connectivity index (χ1v) is 40.5. The number of anilines is 3. The van der Waals surface area contributed by atoms with E-state index in [1.54, 1.807) is 66.9 Å². The van der Waals surface area contributed by atoms with E-state index in [1.165, 1.54) is 28.4 Å². The Kier molecular flexibility index (Phi) is 25.5. The normalized spacial score (nSPS) is 23.8. The maximum atomic E-state index is 14.6. The van der Waals surface area contributed by atoms with E-state index in [0.717, 1.165) is 64.0 Å². The molecule has 31 heteroatoms. The number of para-hydroxylation sites is 1. The Labute approximate surface area is 675 Å². The molecule has 0 spiro atoms. The summed E-state index contributed by atoms with van der Waals surface area (Å²) in [6.45, 7) is 11.5. The van der Waals surface area contributed by atoms with E-state index in [9.17, 15) is 68.7 Å². The van der Waals surface area contributed by atoms with Gasteiger partial charge in [0.2, 0.25) is 18.1 Å². The molecule has 116 heavy (non-hydrogen) atoms. The number of carboxylic acid groups (broad SMARTS) is 1. The van der Waals surface area contributed by atoms with Gasteiger partial charge in [0.1, 0.15) is 54.4 Å². The fourth-order valence-electron chi connectivity index (χ4n) is 18.8. The number of carbonyl (C=O) groups is 9. The summed E-state index contributed by atoms with van der Waals surface area (Å²) >= 11 is 1.40. The number of benzene rings is 4. The number of nitrogens with zero attached hydrogens (tertiary/aromatic N) is 7. The van der Waals surface area contributed by atoms with Crippen LogP contribution in [-0.2, 0) is 70.8 Å². The maximum absolute atomic E-state index is 14.6. The first-order valence-electron chi connectivity index (χ1n) is 39.7. The SMILES string of the molecule is Cc1c(-c2ccc(N3CCc4cccc(C(=O)Nc5nc6ccccc6s5)c4C3)nc2C(=O)O)cnn1CC12CC3(C)CC(C)(C1)CC(OCCN(Cc1ccc(O[C@H]4O[C@H](CO)[C@@H](O)[C@@H](O)[C@H]4O)cc1)C(=O)OCc1ccc(NC(=O)[C@H](CCCNC(N)=O)NC(=O)[C@@H](CC(=O)CCCCCN4C(=O)C=CC4=O)C(C)C)cc1)(C3)C2. The van der Waals surface area contributed by atoms with Crippen molar-refractivity contribution in [2.75, 3.05) is 54.9 Å². The van der Waals surface area contributed by atoms with Gasteiger partial charge in [0.25, 0.3) is 17.7 Å². The molecule has 2 unspecified atom stereocenters. The van der Waals surface area contributed by atoms with Gasteiger partial charge in [-0.05, 0) is 177 Å². The number of pyridine rings is 1. The zero-order valence-corrected chi connectivity index (χ0v) is 66.6. The van der Waals surface area contributed by atoms with Crippen molar-refractivity contribution in [3.05, 3.63) is 161 Å². The van der Waals surface area contributed by atoms with Gasteiger partial charge in [-0.25, -0.2) is 24.4 Å². The number of nitrogens with one attached hydrogen (secondary N) is 4. The van der Waals surface area contributed by atoms with Crippen molar-refractivity contribution in [3.8, 4) is 16.9 Å². The second-order valence-electron chi connectivity index (χ2n) is 33.1. The number of hydrogen-bond acceptors (Lipinski definition) is 22. The average Bonchev–Trinajstić information content (AvgIpc) is 1.08. The molecule has 4 aliphatic carbocycles. The number of primary amides is 1. The summed E-state index contributed by atoms with van der Waals surface area (Å²) in [4.78, 5) is 133. The van der Waals surface area contributed by atoms with Crippen molar-refractivity contribution >= 4 is 91.6 Å². The summed E-state index contributed by atoms with van der Waals surface area (Å²) in [7, 11) is 0. The van der Waals surface area contributed by atoms with Crippen LogP contribution in [0.1, 0.15) is 160 Å². The lowest BCUT2D eigenvalue weighted by Gasteiger charge is -2.69. The van der Waals surface area contributed by atoms with Crippen LogP contribution < -0.4 is 36.6 Å². The molecule has 4 saturated carbocycles. The van der Waals surface area contributed by atoms with Crippen LogP contribution in [0.2, 0.25) is 0 Å². The lowest BCUT2D eigenvalue weighted by Crippen LogP contribution is -2.64. The number of ketones is 1. The molecule has 616 valence electrons. The monoisotopic (exact) mass is 1610 g/mol. The second-order valence-corrected chi connectivity index (χ2v) is 34.2.